The lowest BCUT2D eigenvalue weighted by molar-refractivity contribution is 0.475. The molecule has 3 heteroatoms. The Bertz CT molecular complexity index is 271. The van der Waals surface area contributed by atoms with Gasteiger partial charge in [-0.05, 0) is 47.0 Å². The number of hydrogen-bond acceptors (Lipinski definition) is 2. The summed E-state index contributed by atoms with van der Waals surface area (Å²) in [7, 11) is 0. The molecule has 0 aliphatic carbocycles. The summed E-state index contributed by atoms with van der Waals surface area (Å²) in [6, 6.07) is 3.91. The summed E-state index contributed by atoms with van der Waals surface area (Å²) >= 11 is 3.32. The van der Waals surface area contributed by atoms with Gasteiger partial charge in [-0.3, -0.25) is 0 Å². The molecule has 0 bridgehead atoms. The molecule has 0 saturated carbocycles. The van der Waals surface area contributed by atoms with E-state index in [-0.39, 0.29) is 5.54 Å². The smallest absolute Gasteiger partial charge is 0.106 e. The Morgan fingerprint density at radius 3 is 2.83 bits per heavy atom. The van der Waals surface area contributed by atoms with E-state index in [1.165, 1.54) is 0 Å². The van der Waals surface area contributed by atoms with E-state index < -0.39 is 0 Å². The number of rotatable bonds is 2. The molecule has 2 nitrogen and oxygen atoms in total. The zero-order chi connectivity index (χ0) is 9.19. The van der Waals surface area contributed by atoms with Crippen molar-refractivity contribution in [3.8, 4) is 0 Å². The minimum absolute atomic E-state index is 0.245. The van der Waals surface area contributed by atoms with Gasteiger partial charge >= 0.3 is 0 Å². The predicted octanol–water partition coefficient (Wildman–Crippen LogP) is 2.43. The molecule has 1 rings (SSSR count). The molecule has 1 atom stereocenters. The molecule has 0 fully saturated rings. The number of halogens is 1. The molecule has 1 aromatic rings. The lowest BCUT2D eigenvalue weighted by atomic mass is 9.92. The Hall–Kier alpha value is -0.410. The fourth-order valence-electron chi connectivity index (χ4n) is 0.962. The molecular formula is C9H13BrN2. The topological polar surface area (TPSA) is 38.9 Å². The molecule has 0 aliphatic rings. The molecule has 0 radical (unpaired) electrons. The summed E-state index contributed by atoms with van der Waals surface area (Å²) < 4.78 is 0.838. The van der Waals surface area contributed by atoms with E-state index >= 15 is 0 Å². The molecule has 2 N–H and O–H groups in total. The van der Waals surface area contributed by atoms with Gasteiger partial charge < -0.3 is 5.73 Å². The van der Waals surface area contributed by atoms with Crippen LogP contribution in [-0.2, 0) is 5.54 Å². The molecule has 12 heavy (non-hydrogen) atoms. The summed E-state index contributed by atoms with van der Waals surface area (Å²) in [5, 5.41) is 0. The number of nitrogens with zero attached hydrogens (tertiary/aromatic N) is 1. The fraction of sp³-hybridized carbons (Fsp3) is 0.444. The van der Waals surface area contributed by atoms with Crippen molar-refractivity contribution in [2.45, 2.75) is 25.8 Å². The van der Waals surface area contributed by atoms with Crippen LogP contribution in [-0.4, -0.2) is 4.98 Å². The second kappa shape index (κ2) is 3.54. The largest absolute Gasteiger partial charge is 0.322 e. The Labute approximate surface area is 81.3 Å². The molecule has 0 spiro atoms. The van der Waals surface area contributed by atoms with Crippen molar-refractivity contribution < 1.29 is 0 Å². The summed E-state index contributed by atoms with van der Waals surface area (Å²) in [6.07, 6.45) is 2.68. The number of nitrogens with two attached hydrogens (primary N) is 1. The highest BCUT2D eigenvalue weighted by atomic mass is 79.9. The highest BCUT2D eigenvalue weighted by Gasteiger charge is 2.18. The first-order valence-electron chi connectivity index (χ1n) is 3.97. The van der Waals surface area contributed by atoms with Gasteiger partial charge in [0, 0.05) is 11.7 Å². The SMILES string of the molecule is CCC(C)(N)c1ccnc(Br)c1. The van der Waals surface area contributed by atoms with Crippen LogP contribution in [0.3, 0.4) is 0 Å². The molecule has 0 aliphatic heterocycles. The van der Waals surface area contributed by atoms with Crippen LogP contribution in [0.15, 0.2) is 22.9 Å². The maximum absolute atomic E-state index is 6.06. The van der Waals surface area contributed by atoms with Crippen LogP contribution in [0.5, 0.6) is 0 Å². The quantitative estimate of drug-likeness (QED) is 0.791. The van der Waals surface area contributed by atoms with Gasteiger partial charge in [-0.2, -0.15) is 0 Å². The summed E-state index contributed by atoms with van der Waals surface area (Å²) in [6.45, 7) is 4.10. The first kappa shape index (κ1) is 9.68. The summed E-state index contributed by atoms with van der Waals surface area (Å²) in [4.78, 5) is 4.05. The van der Waals surface area contributed by atoms with Crippen LogP contribution >= 0.6 is 15.9 Å². The highest BCUT2D eigenvalue weighted by Crippen LogP contribution is 2.22. The van der Waals surface area contributed by atoms with Crippen molar-refractivity contribution in [2.75, 3.05) is 0 Å². The number of aromatic nitrogens is 1. The van der Waals surface area contributed by atoms with Gasteiger partial charge in [-0.1, -0.05) is 6.92 Å². The van der Waals surface area contributed by atoms with Gasteiger partial charge in [0.05, 0.1) is 0 Å². The van der Waals surface area contributed by atoms with Crippen molar-refractivity contribution in [3.63, 3.8) is 0 Å². The van der Waals surface area contributed by atoms with Gasteiger partial charge in [-0.25, -0.2) is 4.98 Å². The standard InChI is InChI=1S/C9H13BrN2/c1-3-9(2,11)7-4-5-12-8(10)6-7/h4-6H,3,11H2,1-2H3. The molecule has 66 valence electrons. The predicted molar refractivity (Wildman–Crippen MR) is 53.8 cm³/mol. The van der Waals surface area contributed by atoms with E-state index in [0.717, 1.165) is 16.6 Å². The molecule has 1 aromatic heterocycles. The average Bonchev–Trinajstić information content (AvgIpc) is 2.05. The minimum atomic E-state index is -0.245. The third kappa shape index (κ3) is 2.05. The van der Waals surface area contributed by atoms with E-state index in [4.69, 9.17) is 5.73 Å². The Morgan fingerprint density at radius 2 is 2.33 bits per heavy atom. The fourth-order valence-corrected chi connectivity index (χ4v) is 1.33. The lowest BCUT2D eigenvalue weighted by Crippen LogP contribution is -2.31. The zero-order valence-electron chi connectivity index (χ0n) is 7.34. The summed E-state index contributed by atoms with van der Waals surface area (Å²) in [5.74, 6) is 0. The van der Waals surface area contributed by atoms with Gasteiger partial charge in [0.1, 0.15) is 4.60 Å². The molecule has 1 unspecified atom stereocenters. The van der Waals surface area contributed by atoms with E-state index in [1.54, 1.807) is 6.20 Å². The normalized spacial score (nSPS) is 15.7. The summed E-state index contributed by atoms with van der Waals surface area (Å²) in [5.41, 5.74) is 6.93. The zero-order valence-corrected chi connectivity index (χ0v) is 8.93. The molecule has 0 amide bonds. The van der Waals surface area contributed by atoms with Crippen molar-refractivity contribution >= 4 is 15.9 Å². The second-order valence-corrected chi connectivity index (χ2v) is 3.95. The molecule has 0 aromatic carbocycles. The van der Waals surface area contributed by atoms with Crippen molar-refractivity contribution in [3.05, 3.63) is 28.5 Å². The van der Waals surface area contributed by atoms with Crippen molar-refractivity contribution in [1.82, 2.24) is 4.98 Å². The monoisotopic (exact) mass is 228 g/mol. The maximum atomic E-state index is 6.06. The van der Waals surface area contributed by atoms with E-state index in [1.807, 2.05) is 19.1 Å². The maximum Gasteiger partial charge on any atom is 0.106 e. The first-order valence-corrected chi connectivity index (χ1v) is 4.76. The van der Waals surface area contributed by atoms with Crippen molar-refractivity contribution in [1.29, 1.82) is 0 Å². The van der Waals surface area contributed by atoms with E-state index in [0.29, 0.717) is 0 Å². The molecule has 0 saturated heterocycles. The van der Waals surface area contributed by atoms with Crippen LogP contribution < -0.4 is 5.73 Å². The number of hydrogen-bond donors (Lipinski definition) is 1. The first-order chi connectivity index (χ1) is 5.56. The third-order valence-electron chi connectivity index (χ3n) is 2.12. The van der Waals surface area contributed by atoms with Crippen LogP contribution in [0, 0.1) is 0 Å². The van der Waals surface area contributed by atoms with Crippen LogP contribution in [0.4, 0.5) is 0 Å². The van der Waals surface area contributed by atoms with Gasteiger partial charge in [0.25, 0.3) is 0 Å². The van der Waals surface area contributed by atoms with E-state index in [9.17, 15) is 0 Å². The molecular weight excluding hydrogens is 216 g/mol. The van der Waals surface area contributed by atoms with Gasteiger partial charge in [-0.15, -0.1) is 0 Å². The lowest BCUT2D eigenvalue weighted by Gasteiger charge is -2.22. The van der Waals surface area contributed by atoms with Crippen LogP contribution in [0.25, 0.3) is 0 Å². The number of pyridine rings is 1. The Balaban J connectivity index is 3.03. The van der Waals surface area contributed by atoms with Crippen LogP contribution in [0.2, 0.25) is 0 Å². The highest BCUT2D eigenvalue weighted by molar-refractivity contribution is 9.10. The van der Waals surface area contributed by atoms with E-state index in [2.05, 4.69) is 27.8 Å². The Kier molecular flexibility index (Phi) is 2.85. The minimum Gasteiger partial charge on any atom is -0.322 e. The molecule has 1 heterocycles. The van der Waals surface area contributed by atoms with Gasteiger partial charge in [0.2, 0.25) is 0 Å². The Morgan fingerprint density at radius 1 is 1.67 bits per heavy atom. The van der Waals surface area contributed by atoms with Crippen LogP contribution in [0.1, 0.15) is 25.8 Å². The van der Waals surface area contributed by atoms with Crippen molar-refractivity contribution in [2.24, 2.45) is 5.73 Å². The van der Waals surface area contributed by atoms with Gasteiger partial charge in [0.15, 0.2) is 0 Å². The third-order valence-corrected chi connectivity index (χ3v) is 2.55. The second-order valence-electron chi connectivity index (χ2n) is 3.14. The average molecular weight is 229 g/mol.